The zero-order valence-electron chi connectivity index (χ0n) is 8.81. The maximum Gasteiger partial charge on any atom is 0.0977 e. The zero-order chi connectivity index (χ0) is 10.6. The van der Waals surface area contributed by atoms with Gasteiger partial charge in [0.05, 0.1) is 30.9 Å². The number of nitriles is 1. The van der Waals surface area contributed by atoms with Gasteiger partial charge in [0.15, 0.2) is 0 Å². The lowest BCUT2D eigenvalue weighted by Gasteiger charge is -2.38. The fraction of sp³-hybridized carbons (Fsp3) is 0.900. The number of hydrogen-bond donors (Lipinski definition) is 1. The summed E-state index contributed by atoms with van der Waals surface area (Å²) in [4.78, 5) is 2.09. The monoisotopic (exact) mass is 198 g/mol. The van der Waals surface area contributed by atoms with Crippen molar-refractivity contribution in [1.29, 1.82) is 5.26 Å². The predicted molar refractivity (Wildman–Crippen MR) is 52.7 cm³/mol. The molecule has 1 fully saturated rings. The molecule has 4 heteroatoms. The summed E-state index contributed by atoms with van der Waals surface area (Å²) >= 11 is 0. The van der Waals surface area contributed by atoms with Gasteiger partial charge in [-0.1, -0.05) is 6.92 Å². The SMILES string of the molecule is CCC(C#N)N1CC(C)OC(CO)C1. The van der Waals surface area contributed by atoms with E-state index in [0.29, 0.717) is 6.54 Å². The highest BCUT2D eigenvalue weighted by molar-refractivity contribution is 4.93. The molecule has 0 spiro atoms. The highest BCUT2D eigenvalue weighted by Crippen LogP contribution is 2.14. The summed E-state index contributed by atoms with van der Waals surface area (Å²) in [5.74, 6) is 0. The van der Waals surface area contributed by atoms with Crippen LogP contribution in [0.2, 0.25) is 0 Å². The van der Waals surface area contributed by atoms with Crippen molar-refractivity contribution in [1.82, 2.24) is 4.90 Å². The highest BCUT2D eigenvalue weighted by atomic mass is 16.5. The summed E-state index contributed by atoms with van der Waals surface area (Å²) in [5.41, 5.74) is 0. The minimum Gasteiger partial charge on any atom is -0.394 e. The molecule has 1 saturated heterocycles. The van der Waals surface area contributed by atoms with E-state index in [2.05, 4.69) is 11.0 Å². The van der Waals surface area contributed by atoms with Crippen LogP contribution in [0.3, 0.4) is 0 Å². The van der Waals surface area contributed by atoms with Gasteiger partial charge in [-0.3, -0.25) is 4.90 Å². The molecule has 4 nitrogen and oxygen atoms in total. The maximum atomic E-state index is 9.02. The van der Waals surface area contributed by atoms with E-state index in [1.807, 2.05) is 13.8 Å². The van der Waals surface area contributed by atoms with Crippen LogP contribution in [-0.2, 0) is 4.74 Å². The molecule has 14 heavy (non-hydrogen) atoms. The number of morpholine rings is 1. The molecule has 1 heterocycles. The van der Waals surface area contributed by atoms with Gasteiger partial charge in [0.25, 0.3) is 0 Å². The molecular formula is C10H18N2O2. The summed E-state index contributed by atoms with van der Waals surface area (Å²) in [6.07, 6.45) is 0.783. The van der Waals surface area contributed by atoms with Gasteiger partial charge in [0.2, 0.25) is 0 Å². The van der Waals surface area contributed by atoms with Crippen LogP contribution >= 0.6 is 0 Å². The number of nitrogens with zero attached hydrogens (tertiary/aromatic N) is 2. The molecule has 1 aliphatic heterocycles. The molecule has 0 aromatic heterocycles. The molecule has 3 atom stereocenters. The number of rotatable bonds is 3. The molecule has 0 bridgehead atoms. The number of ether oxygens (including phenoxy) is 1. The van der Waals surface area contributed by atoms with E-state index < -0.39 is 0 Å². The first kappa shape index (κ1) is 11.4. The molecule has 1 N–H and O–H groups in total. The lowest BCUT2D eigenvalue weighted by Crippen LogP contribution is -2.51. The smallest absolute Gasteiger partial charge is 0.0977 e. The van der Waals surface area contributed by atoms with Gasteiger partial charge >= 0.3 is 0 Å². The summed E-state index contributed by atoms with van der Waals surface area (Å²) in [7, 11) is 0. The van der Waals surface area contributed by atoms with Crippen LogP contribution in [0, 0.1) is 11.3 Å². The number of aliphatic hydroxyl groups is 1. The first-order valence-electron chi connectivity index (χ1n) is 5.11. The van der Waals surface area contributed by atoms with Crippen LogP contribution in [0.1, 0.15) is 20.3 Å². The van der Waals surface area contributed by atoms with Crippen LogP contribution < -0.4 is 0 Å². The molecule has 0 aliphatic carbocycles. The standard InChI is InChI=1S/C10H18N2O2/c1-3-9(4-11)12-5-8(2)14-10(6-12)7-13/h8-10,13H,3,5-7H2,1-2H3. The Labute approximate surface area is 85.1 Å². The minimum absolute atomic E-state index is 0.0305. The van der Waals surface area contributed by atoms with Crippen molar-refractivity contribution in [2.75, 3.05) is 19.7 Å². The highest BCUT2D eigenvalue weighted by Gasteiger charge is 2.28. The largest absolute Gasteiger partial charge is 0.394 e. The van der Waals surface area contributed by atoms with Crippen LogP contribution in [0.5, 0.6) is 0 Å². The summed E-state index contributed by atoms with van der Waals surface area (Å²) in [5, 5.41) is 17.9. The van der Waals surface area contributed by atoms with Gasteiger partial charge in [-0.2, -0.15) is 5.26 Å². The third-order valence-electron chi connectivity index (χ3n) is 2.53. The first-order valence-corrected chi connectivity index (χ1v) is 5.11. The molecule has 0 amide bonds. The second-order valence-corrected chi connectivity index (χ2v) is 3.76. The third-order valence-corrected chi connectivity index (χ3v) is 2.53. The van der Waals surface area contributed by atoms with Crippen LogP contribution in [0.15, 0.2) is 0 Å². The Hall–Kier alpha value is -0.630. The molecule has 0 aromatic rings. The summed E-state index contributed by atoms with van der Waals surface area (Å²) < 4.78 is 5.50. The molecule has 1 aliphatic rings. The quantitative estimate of drug-likeness (QED) is 0.712. The lowest BCUT2D eigenvalue weighted by atomic mass is 10.1. The Bertz CT molecular complexity index is 215. The van der Waals surface area contributed by atoms with Gasteiger partial charge in [-0.05, 0) is 13.3 Å². The van der Waals surface area contributed by atoms with E-state index in [1.165, 1.54) is 0 Å². The van der Waals surface area contributed by atoms with Gasteiger partial charge in [0.1, 0.15) is 0 Å². The molecule has 80 valence electrons. The first-order chi connectivity index (χ1) is 6.71. The fourth-order valence-electron chi connectivity index (χ4n) is 1.87. The fourth-order valence-corrected chi connectivity index (χ4v) is 1.87. The Morgan fingerprint density at radius 1 is 1.64 bits per heavy atom. The van der Waals surface area contributed by atoms with Crippen molar-refractivity contribution in [2.45, 2.75) is 38.5 Å². The van der Waals surface area contributed by atoms with Crippen molar-refractivity contribution in [3.05, 3.63) is 0 Å². The van der Waals surface area contributed by atoms with Crippen LogP contribution in [-0.4, -0.2) is 48.0 Å². The van der Waals surface area contributed by atoms with Gasteiger partial charge in [-0.25, -0.2) is 0 Å². The summed E-state index contributed by atoms with van der Waals surface area (Å²) in [6, 6.07) is 2.23. The molecule has 0 aromatic carbocycles. The van der Waals surface area contributed by atoms with Crippen molar-refractivity contribution in [3.8, 4) is 6.07 Å². The molecule has 0 saturated carbocycles. The lowest BCUT2D eigenvalue weighted by molar-refractivity contribution is -0.101. The van der Waals surface area contributed by atoms with E-state index in [9.17, 15) is 0 Å². The molecule has 1 rings (SSSR count). The maximum absolute atomic E-state index is 9.02. The van der Waals surface area contributed by atoms with E-state index >= 15 is 0 Å². The average molecular weight is 198 g/mol. The third kappa shape index (κ3) is 2.68. The second-order valence-electron chi connectivity index (χ2n) is 3.76. The molecule has 3 unspecified atom stereocenters. The van der Waals surface area contributed by atoms with E-state index in [4.69, 9.17) is 15.1 Å². The van der Waals surface area contributed by atoms with Gasteiger partial charge in [0, 0.05) is 13.1 Å². The Morgan fingerprint density at radius 3 is 2.86 bits per heavy atom. The predicted octanol–water partition coefficient (Wildman–Crippen LogP) is 0.370. The van der Waals surface area contributed by atoms with Crippen molar-refractivity contribution in [3.63, 3.8) is 0 Å². The molecular weight excluding hydrogens is 180 g/mol. The normalized spacial score (nSPS) is 31.0. The Balaban J connectivity index is 2.56. The molecule has 0 radical (unpaired) electrons. The van der Waals surface area contributed by atoms with E-state index in [1.54, 1.807) is 0 Å². The second kappa shape index (κ2) is 5.30. The van der Waals surface area contributed by atoms with E-state index in [-0.39, 0.29) is 24.9 Å². The minimum atomic E-state index is -0.138. The van der Waals surface area contributed by atoms with Gasteiger partial charge in [-0.15, -0.1) is 0 Å². The van der Waals surface area contributed by atoms with Crippen molar-refractivity contribution >= 4 is 0 Å². The zero-order valence-corrected chi connectivity index (χ0v) is 8.81. The Kier molecular flexibility index (Phi) is 4.33. The van der Waals surface area contributed by atoms with E-state index in [0.717, 1.165) is 13.0 Å². The van der Waals surface area contributed by atoms with Crippen molar-refractivity contribution in [2.24, 2.45) is 0 Å². The van der Waals surface area contributed by atoms with Crippen molar-refractivity contribution < 1.29 is 9.84 Å². The Morgan fingerprint density at radius 2 is 2.36 bits per heavy atom. The topological polar surface area (TPSA) is 56.5 Å². The number of hydrogen-bond acceptors (Lipinski definition) is 4. The van der Waals surface area contributed by atoms with Gasteiger partial charge < -0.3 is 9.84 Å². The number of aliphatic hydroxyl groups excluding tert-OH is 1. The van der Waals surface area contributed by atoms with Crippen LogP contribution in [0.4, 0.5) is 0 Å². The van der Waals surface area contributed by atoms with Crippen LogP contribution in [0.25, 0.3) is 0 Å². The average Bonchev–Trinajstić information content (AvgIpc) is 2.19. The summed E-state index contributed by atoms with van der Waals surface area (Å²) in [6.45, 7) is 5.44.